The Morgan fingerprint density at radius 1 is 1.11 bits per heavy atom. The molecule has 1 aromatic heterocycles. The molecule has 0 unspecified atom stereocenters. The summed E-state index contributed by atoms with van der Waals surface area (Å²) in [6.07, 6.45) is 2.39. The Bertz CT molecular complexity index is 1020. The third-order valence-electron chi connectivity index (χ3n) is 5.30. The van der Waals surface area contributed by atoms with Crippen LogP contribution in [0.4, 0.5) is 0 Å². The monoisotopic (exact) mass is 383 g/mol. The number of phenols is 1. The van der Waals surface area contributed by atoms with E-state index in [9.17, 15) is 9.90 Å². The standard InChI is InChI=1S/C21H22ClN3O2/c1-24-10-8-16(9-11-24)25-21(27)18-7-6-17(26)13-19(18)20(23-25)12-14-2-4-15(22)5-3-14/h2-7,13,16,26H,8-12H2,1H3. The third kappa shape index (κ3) is 3.70. The Balaban J connectivity index is 1.82. The first kappa shape index (κ1) is 18.0. The van der Waals surface area contributed by atoms with Crippen LogP contribution in [0, 0.1) is 0 Å². The summed E-state index contributed by atoms with van der Waals surface area (Å²) >= 11 is 5.99. The molecule has 1 N–H and O–H groups in total. The lowest BCUT2D eigenvalue weighted by Gasteiger charge is -2.29. The molecule has 4 rings (SSSR count). The third-order valence-corrected chi connectivity index (χ3v) is 5.55. The summed E-state index contributed by atoms with van der Waals surface area (Å²) < 4.78 is 1.66. The highest BCUT2D eigenvalue weighted by Gasteiger charge is 2.22. The quantitative estimate of drug-likeness (QED) is 0.750. The van der Waals surface area contributed by atoms with Crippen molar-refractivity contribution in [2.75, 3.05) is 20.1 Å². The zero-order chi connectivity index (χ0) is 19.0. The molecule has 140 valence electrons. The van der Waals surface area contributed by atoms with E-state index in [-0.39, 0.29) is 17.4 Å². The number of hydrogen-bond donors (Lipinski definition) is 1. The van der Waals surface area contributed by atoms with E-state index in [0.29, 0.717) is 22.2 Å². The number of aromatic nitrogens is 2. The van der Waals surface area contributed by atoms with Crippen molar-refractivity contribution in [2.45, 2.75) is 25.3 Å². The van der Waals surface area contributed by atoms with E-state index in [1.54, 1.807) is 22.9 Å². The van der Waals surface area contributed by atoms with Gasteiger partial charge >= 0.3 is 0 Å². The zero-order valence-electron chi connectivity index (χ0n) is 15.2. The van der Waals surface area contributed by atoms with E-state index in [4.69, 9.17) is 16.7 Å². The maximum absolute atomic E-state index is 13.1. The molecule has 0 spiro atoms. The van der Waals surface area contributed by atoms with E-state index in [1.165, 1.54) is 0 Å². The lowest BCUT2D eigenvalue weighted by atomic mass is 10.0. The zero-order valence-corrected chi connectivity index (χ0v) is 16.0. The number of hydrogen-bond acceptors (Lipinski definition) is 4. The summed E-state index contributed by atoms with van der Waals surface area (Å²) in [4.78, 5) is 15.3. The number of nitrogens with zero attached hydrogens (tertiary/aromatic N) is 3. The van der Waals surface area contributed by atoms with Crippen LogP contribution < -0.4 is 5.56 Å². The van der Waals surface area contributed by atoms with Gasteiger partial charge in [-0.2, -0.15) is 5.10 Å². The Hall–Kier alpha value is -2.37. The van der Waals surface area contributed by atoms with Crippen molar-refractivity contribution in [3.63, 3.8) is 0 Å². The van der Waals surface area contributed by atoms with Crippen molar-refractivity contribution >= 4 is 22.4 Å². The lowest BCUT2D eigenvalue weighted by Crippen LogP contribution is -2.37. The van der Waals surface area contributed by atoms with Gasteiger partial charge in [0.1, 0.15) is 5.75 Å². The van der Waals surface area contributed by atoms with E-state index in [2.05, 4.69) is 11.9 Å². The van der Waals surface area contributed by atoms with Gasteiger partial charge in [-0.3, -0.25) is 4.79 Å². The molecule has 2 heterocycles. The fraction of sp³-hybridized carbons (Fsp3) is 0.333. The number of likely N-dealkylation sites (tertiary alicyclic amines) is 1. The van der Waals surface area contributed by atoms with Gasteiger partial charge in [0.15, 0.2) is 0 Å². The smallest absolute Gasteiger partial charge is 0.274 e. The van der Waals surface area contributed by atoms with Gasteiger partial charge in [-0.1, -0.05) is 23.7 Å². The predicted octanol–water partition coefficient (Wildman–Crippen LogP) is 3.61. The van der Waals surface area contributed by atoms with E-state index in [1.807, 2.05) is 24.3 Å². The number of halogens is 1. The molecule has 0 saturated carbocycles. The van der Waals surface area contributed by atoms with Gasteiger partial charge in [-0.15, -0.1) is 0 Å². The van der Waals surface area contributed by atoms with Gasteiger partial charge in [0, 0.05) is 16.8 Å². The minimum atomic E-state index is -0.0839. The summed E-state index contributed by atoms with van der Waals surface area (Å²) in [6, 6.07) is 12.6. The molecule has 1 saturated heterocycles. The number of phenolic OH excluding ortho intramolecular Hbond substituents is 1. The van der Waals surface area contributed by atoms with E-state index >= 15 is 0 Å². The van der Waals surface area contributed by atoms with Gasteiger partial charge in [0.05, 0.1) is 17.1 Å². The minimum absolute atomic E-state index is 0.0839. The summed E-state index contributed by atoms with van der Waals surface area (Å²) in [6.45, 7) is 1.91. The van der Waals surface area contributed by atoms with Crippen LogP contribution in [0.2, 0.25) is 5.02 Å². The molecule has 5 nitrogen and oxygen atoms in total. The van der Waals surface area contributed by atoms with E-state index in [0.717, 1.165) is 37.2 Å². The van der Waals surface area contributed by atoms with Crippen molar-refractivity contribution in [2.24, 2.45) is 0 Å². The number of rotatable bonds is 3. The molecule has 0 aliphatic carbocycles. The van der Waals surface area contributed by atoms with Gasteiger partial charge in [0.2, 0.25) is 0 Å². The molecule has 1 aliphatic rings. The average Bonchev–Trinajstić information content (AvgIpc) is 2.66. The number of piperidine rings is 1. The highest BCUT2D eigenvalue weighted by atomic mass is 35.5. The highest BCUT2D eigenvalue weighted by Crippen LogP contribution is 2.25. The lowest BCUT2D eigenvalue weighted by molar-refractivity contribution is 0.208. The van der Waals surface area contributed by atoms with Gasteiger partial charge in [0.25, 0.3) is 5.56 Å². The van der Waals surface area contributed by atoms with Crippen molar-refractivity contribution in [3.05, 3.63) is 69.1 Å². The van der Waals surface area contributed by atoms with Crippen LogP contribution in [-0.4, -0.2) is 39.9 Å². The average molecular weight is 384 g/mol. The molecule has 27 heavy (non-hydrogen) atoms. The van der Waals surface area contributed by atoms with Crippen molar-refractivity contribution in [3.8, 4) is 5.75 Å². The maximum atomic E-state index is 13.1. The first-order chi connectivity index (χ1) is 13.0. The Kier molecular flexibility index (Phi) is 4.89. The summed E-state index contributed by atoms with van der Waals surface area (Å²) in [5, 5.41) is 16.7. The molecule has 0 atom stereocenters. The second kappa shape index (κ2) is 7.33. The normalized spacial score (nSPS) is 16.1. The first-order valence-corrected chi connectivity index (χ1v) is 9.56. The molecule has 0 amide bonds. The topological polar surface area (TPSA) is 58.4 Å². The van der Waals surface area contributed by atoms with Gasteiger partial charge in [-0.25, -0.2) is 4.68 Å². The molecule has 1 fully saturated rings. The Labute approximate surface area is 162 Å². The Morgan fingerprint density at radius 2 is 1.81 bits per heavy atom. The number of fused-ring (bicyclic) bond motifs is 1. The van der Waals surface area contributed by atoms with Crippen LogP contribution in [-0.2, 0) is 6.42 Å². The number of benzene rings is 2. The molecule has 6 heteroatoms. The predicted molar refractivity (Wildman–Crippen MR) is 108 cm³/mol. The molecule has 3 aromatic rings. The summed E-state index contributed by atoms with van der Waals surface area (Å²) in [5.74, 6) is 0.137. The highest BCUT2D eigenvalue weighted by molar-refractivity contribution is 6.30. The van der Waals surface area contributed by atoms with E-state index < -0.39 is 0 Å². The van der Waals surface area contributed by atoms with Crippen LogP contribution in [0.15, 0.2) is 47.3 Å². The molecule has 0 bridgehead atoms. The largest absolute Gasteiger partial charge is 0.508 e. The van der Waals surface area contributed by atoms with Crippen LogP contribution in [0.5, 0.6) is 5.75 Å². The fourth-order valence-corrected chi connectivity index (χ4v) is 3.85. The summed E-state index contributed by atoms with van der Waals surface area (Å²) in [7, 11) is 2.10. The minimum Gasteiger partial charge on any atom is -0.508 e. The van der Waals surface area contributed by atoms with Crippen molar-refractivity contribution in [1.82, 2.24) is 14.7 Å². The first-order valence-electron chi connectivity index (χ1n) is 9.18. The number of aromatic hydroxyl groups is 1. The van der Waals surface area contributed by atoms with Crippen LogP contribution in [0.3, 0.4) is 0 Å². The maximum Gasteiger partial charge on any atom is 0.274 e. The Morgan fingerprint density at radius 3 is 2.52 bits per heavy atom. The SMILES string of the molecule is CN1CCC(n2nc(Cc3ccc(Cl)cc3)c3cc(O)ccc3c2=O)CC1. The second-order valence-corrected chi connectivity index (χ2v) is 7.70. The summed E-state index contributed by atoms with van der Waals surface area (Å²) in [5.41, 5.74) is 1.77. The van der Waals surface area contributed by atoms with Gasteiger partial charge in [-0.05, 0) is 68.9 Å². The van der Waals surface area contributed by atoms with Crippen LogP contribution >= 0.6 is 11.6 Å². The van der Waals surface area contributed by atoms with Crippen LogP contribution in [0.1, 0.15) is 30.1 Å². The molecular weight excluding hydrogens is 362 g/mol. The fourth-order valence-electron chi connectivity index (χ4n) is 3.72. The molecule has 2 aromatic carbocycles. The molecule has 1 aliphatic heterocycles. The van der Waals surface area contributed by atoms with Gasteiger partial charge < -0.3 is 10.0 Å². The molecule has 0 radical (unpaired) electrons. The molecular formula is C21H22ClN3O2. The van der Waals surface area contributed by atoms with Crippen molar-refractivity contribution in [1.29, 1.82) is 0 Å². The second-order valence-electron chi connectivity index (χ2n) is 7.26. The van der Waals surface area contributed by atoms with Crippen molar-refractivity contribution < 1.29 is 5.11 Å². The van der Waals surface area contributed by atoms with Crippen LogP contribution in [0.25, 0.3) is 10.8 Å².